The summed E-state index contributed by atoms with van der Waals surface area (Å²) in [6.45, 7) is 0.954. The van der Waals surface area contributed by atoms with Gasteiger partial charge in [0.2, 0.25) is 0 Å². The smallest absolute Gasteiger partial charge is 0.265 e. The maximum absolute atomic E-state index is 14.3. The number of aliphatic hydroxyl groups excluding tert-OH is 1. The third-order valence-corrected chi connectivity index (χ3v) is 7.30. The van der Waals surface area contributed by atoms with Crippen molar-refractivity contribution < 1.29 is 27.4 Å². The number of ether oxygens (including phenoxy) is 1. The SMILES string of the molecule is COc1c(F)cc(-c2cc(CCl)c(N3CCCC[C@](NCc4ccccc4)([C@H](O)C(F)F)C3)cn2)cc1F. The molecule has 0 amide bonds. The number of halogens is 5. The van der Waals surface area contributed by atoms with E-state index in [1.807, 2.05) is 35.2 Å². The second-order valence-electron chi connectivity index (χ2n) is 9.46. The number of nitrogens with zero attached hydrogens (tertiary/aromatic N) is 2. The summed E-state index contributed by atoms with van der Waals surface area (Å²) < 4.78 is 61.2. The number of hydrogen-bond acceptors (Lipinski definition) is 5. The summed E-state index contributed by atoms with van der Waals surface area (Å²) in [4.78, 5) is 6.32. The number of aromatic nitrogens is 1. The van der Waals surface area contributed by atoms with Crippen molar-refractivity contribution in [1.29, 1.82) is 0 Å². The fourth-order valence-corrected chi connectivity index (χ4v) is 5.21. The van der Waals surface area contributed by atoms with Gasteiger partial charge in [-0.3, -0.25) is 4.98 Å². The largest absolute Gasteiger partial charge is 0.491 e. The molecule has 2 atom stereocenters. The lowest BCUT2D eigenvalue weighted by Gasteiger charge is -2.41. The first-order valence-electron chi connectivity index (χ1n) is 12.4. The number of benzene rings is 2. The average Bonchev–Trinajstić information content (AvgIpc) is 3.15. The molecule has 1 aromatic heterocycles. The minimum Gasteiger partial charge on any atom is -0.491 e. The van der Waals surface area contributed by atoms with E-state index in [0.29, 0.717) is 49.3 Å². The van der Waals surface area contributed by atoms with Gasteiger partial charge in [-0.2, -0.15) is 0 Å². The first-order chi connectivity index (χ1) is 18.3. The Labute approximate surface area is 224 Å². The van der Waals surface area contributed by atoms with E-state index in [0.717, 1.165) is 17.7 Å². The molecular formula is C28H30ClF4N3O2. The van der Waals surface area contributed by atoms with Crippen molar-refractivity contribution in [1.82, 2.24) is 10.3 Å². The molecule has 0 unspecified atom stereocenters. The molecule has 10 heteroatoms. The van der Waals surface area contributed by atoms with Crippen molar-refractivity contribution in [3.05, 3.63) is 77.5 Å². The van der Waals surface area contributed by atoms with E-state index >= 15 is 0 Å². The van der Waals surface area contributed by atoms with Gasteiger partial charge in [0, 0.05) is 31.1 Å². The second kappa shape index (κ2) is 12.3. The number of nitrogens with one attached hydrogen (secondary N) is 1. The van der Waals surface area contributed by atoms with Crippen LogP contribution in [0.1, 0.15) is 30.4 Å². The highest BCUT2D eigenvalue weighted by molar-refractivity contribution is 6.17. The lowest BCUT2D eigenvalue weighted by atomic mass is 9.86. The van der Waals surface area contributed by atoms with E-state index < -0.39 is 35.5 Å². The quantitative estimate of drug-likeness (QED) is 0.255. The summed E-state index contributed by atoms with van der Waals surface area (Å²) in [5, 5.41) is 14.0. The zero-order valence-corrected chi connectivity index (χ0v) is 21.7. The van der Waals surface area contributed by atoms with Crippen molar-refractivity contribution in [2.75, 3.05) is 25.1 Å². The fraction of sp³-hybridized carbons (Fsp3) is 0.393. The highest BCUT2D eigenvalue weighted by atomic mass is 35.5. The third-order valence-electron chi connectivity index (χ3n) is 7.01. The molecule has 0 radical (unpaired) electrons. The van der Waals surface area contributed by atoms with Crippen LogP contribution in [0.15, 0.2) is 54.7 Å². The molecule has 5 nitrogen and oxygen atoms in total. The monoisotopic (exact) mass is 551 g/mol. The molecule has 4 rings (SSSR count). The van der Waals surface area contributed by atoms with Crippen molar-refractivity contribution in [3.8, 4) is 17.0 Å². The molecule has 3 aromatic rings. The van der Waals surface area contributed by atoms with Gasteiger partial charge in [-0.05, 0) is 48.6 Å². The summed E-state index contributed by atoms with van der Waals surface area (Å²) in [5.41, 5.74) is 1.38. The number of rotatable bonds is 9. The van der Waals surface area contributed by atoms with Crippen molar-refractivity contribution in [2.45, 2.75) is 49.8 Å². The van der Waals surface area contributed by atoms with Gasteiger partial charge in [0.15, 0.2) is 17.4 Å². The average molecular weight is 552 g/mol. The molecule has 0 spiro atoms. The van der Waals surface area contributed by atoms with Gasteiger partial charge in [0.05, 0.1) is 30.2 Å². The Hall–Kier alpha value is -2.88. The number of aliphatic hydroxyl groups is 1. The number of hydrogen-bond donors (Lipinski definition) is 2. The Bertz CT molecular complexity index is 1210. The molecule has 38 heavy (non-hydrogen) atoms. The van der Waals surface area contributed by atoms with Crippen molar-refractivity contribution in [3.63, 3.8) is 0 Å². The maximum atomic E-state index is 14.3. The second-order valence-corrected chi connectivity index (χ2v) is 9.73. The molecule has 2 heterocycles. The van der Waals surface area contributed by atoms with Crippen LogP contribution in [0.3, 0.4) is 0 Å². The summed E-state index contributed by atoms with van der Waals surface area (Å²) in [6.07, 6.45) is -1.60. The van der Waals surface area contributed by atoms with Crippen LogP contribution in [0, 0.1) is 11.6 Å². The molecule has 204 valence electrons. The maximum Gasteiger partial charge on any atom is 0.265 e. The van der Waals surface area contributed by atoms with E-state index in [9.17, 15) is 22.7 Å². The van der Waals surface area contributed by atoms with Gasteiger partial charge in [-0.15, -0.1) is 11.6 Å². The van der Waals surface area contributed by atoms with Gasteiger partial charge < -0.3 is 20.1 Å². The highest BCUT2D eigenvalue weighted by Crippen LogP contribution is 2.35. The Balaban J connectivity index is 1.67. The number of alkyl halides is 3. The lowest BCUT2D eigenvalue weighted by Crippen LogP contribution is -2.62. The Morgan fingerprint density at radius 1 is 1.13 bits per heavy atom. The summed E-state index contributed by atoms with van der Waals surface area (Å²) >= 11 is 6.28. The van der Waals surface area contributed by atoms with Crippen LogP contribution in [0.2, 0.25) is 0 Å². The van der Waals surface area contributed by atoms with Crippen LogP contribution >= 0.6 is 11.6 Å². The van der Waals surface area contributed by atoms with Gasteiger partial charge >= 0.3 is 0 Å². The predicted molar refractivity (Wildman–Crippen MR) is 140 cm³/mol. The number of anilines is 1. The minimum absolute atomic E-state index is 0.0598. The van der Waals surface area contributed by atoms with E-state index in [2.05, 4.69) is 10.3 Å². The predicted octanol–water partition coefficient (Wildman–Crippen LogP) is 5.92. The van der Waals surface area contributed by atoms with Crippen LogP contribution < -0.4 is 15.0 Å². The van der Waals surface area contributed by atoms with Crippen LogP contribution in [-0.2, 0) is 12.4 Å². The Morgan fingerprint density at radius 2 is 1.84 bits per heavy atom. The number of pyridine rings is 1. The first-order valence-corrected chi connectivity index (χ1v) is 12.9. The van der Waals surface area contributed by atoms with Crippen molar-refractivity contribution >= 4 is 17.3 Å². The van der Waals surface area contributed by atoms with Crippen LogP contribution in [0.5, 0.6) is 5.75 Å². The van der Waals surface area contributed by atoms with E-state index in [4.69, 9.17) is 16.3 Å². The third kappa shape index (κ3) is 6.06. The van der Waals surface area contributed by atoms with E-state index in [1.165, 1.54) is 13.3 Å². The van der Waals surface area contributed by atoms with Crippen molar-refractivity contribution in [2.24, 2.45) is 0 Å². The normalized spacial score (nSPS) is 18.9. The Morgan fingerprint density at radius 3 is 2.47 bits per heavy atom. The van der Waals surface area contributed by atoms with Crippen LogP contribution in [-0.4, -0.2) is 48.4 Å². The summed E-state index contributed by atoms with van der Waals surface area (Å²) in [6, 6.07) is 13.3. The summed E-state index contributed by atoms with van der Waals surface area (Å²) in [7, 11) is 1.18. The molecule has 0 aliphatic carbocycles. The first kappa shape index (κ1) is 28.1. The van der Waals surface area contributed by atoms with Crippen LogP contribution in [0.4, 0.5) is 23.2 Å². The Kier molecular flexibility index (Phi) is 9.12. The van der Waals surface area contributed by atoms with Gasteiger partial charge in [0.1, 0.15) is 6.10 Å². The molecule has 2 N–H and O–H groups in total. The fourth-order valence-electron chi connectivity index (χ4n) is 5.00. The minimum atomic E-state index is -2.94. The standard InChI is InChI=1S/C28H30ClF4N3O2/c1-38-25-21(30)11-19(12-22(25)31)23-13-20(14-29)24(16-34-23)36-10-6-5-9-28(17-36,26(37)27(32)33)35-15-18-7-3-2-4-8-18/h2-4,7-8,11-13,16,26-27,35,37H,5-6,9-10,14-15,17H2,1H3/t26-,28-/m1/s1. The zero-order valence-electron chi connectivity index (χ0n) is 20.9. The molecule has 1 fully saturated rings. The van der Waals surface area contributed by atoms with Gasteiger partial charge in [-0.1, -0.05) is 30.3 Å². The van der Waals surface area contributed by atoms with E-state index in [-0.39, 0.29) is 18.0 Å². The zero-order chi connectivity index (χ0) is 27.3. The van der Waals surface area contributed by atoms with Crippen LogP contribution in [0.25, 0.3) is 11.3 Å². The van der Waals surface area contributed by atoms with Gasteiger partial charge in [0.25, 0.3) is 6.43 Å². The molecule has 1 saturated heterocycles. The number of methoxy groups -OCH3 is 1. The van der Waals surface area contributed by atoms with E-state index in [1.54, 1.807) is 6.07 Å². The summed E-state index contributed by atoms with van der Waals surface area (Å²) in [5.74, 6) is -2.14. The molecule has 1 aliphatic heterocycles. The lowest BCUT2D eigenvalue weighted by molar-refractivity contribution is -0.0615. The van der Waals surface area contributed by atoms with Gasteiger partial charge in [-0.25, -0.2) is 17.6 Å². The topological polar surface area (TPSA) is 57.6 Å². The molecule has 0 saturated carbocycles. The molecule has 2 aromatic carbocycles. The molecular weight excluding hydrogens is 522 g/mol. The molecule has 1 aliphatic rings. The molecule has 0 bridgehead atoms. The highest BCUT2D eigenvalue weighted by Gasteiger charge is 2.45.